The lowest BCUT2D eigenvalue weighted by Gasteiger charge is -2.40. The van der Waals surface area contributed by atoms with Crippen molar-refractivity contribution in [2.75, 3.05) is 0 Å². The molecule has 0 bridgehead atoms. The molecule has 0 heterocycles. The highest BCUT2D eigenvalue weighted by Gasteiger charge is 2.50. The molecule has 29 heavy (non-hydrogen) atoms. The van der Waals surface area contributed by atoms with E-state index >= 15 is 0 Å². The number of fused-ring (bicyclic) bond motifs is 3. The van der Waals surface area contributed by atoms with Crippen LogP contribution in [0.3, 0.4) is 0 Å². The highest BCUT2D eigenvalue weighted by molar-refractivity contribution is 6.79. The van der Waals surface area contributed by atoms with E-state index in [1.807, 2.05) is 0 Å². The lowest BCUT2D eigenvalue weighted by Crippen LogP contribution is -2.39. The van der Waals surface area contributed by atoms with Gasteiger partial charge in [0.1, 0.15) is 0 Å². The minimum atomic E-state index is -1.29. The number of benzene rings is 2. The molecule has 0 radical (unpaired) electrons. The predicted molar refractivity (Wildman–Crippen MR) is 130 cm³/mol. The molecule has 2 aromatic carbocycles. The van der Waals surface area contributed by atoms with Crippen molar-refractivity contribution in [3.05, 3.63) is 65.3 Å². The smallest absolute Gasteiger partial charge is 0.0516 e. The van der Waals surface area contributed by atoms with Gasteiger partial charge in [0.15, 0.2) is 0 Å². The second kappa shape index (κ2) is 6.98. The summed E-state index contributed by atoms with van der Waals surface area (Å²) in [7, 11) is -1.29. The summed E-state index contributed by atoms with van der Waals surface area (Å²) in [5.41, 5.74) is 7.31. The third kappa shape index (κ3) is 3.00. The Labute approximate surface area is 178 Å². The molecule has 3 aliphatic carbocycles. The molecule has 5 rings (SSSR count). The molecular weight excluding hydrogens is 364 g/mol. The van der Waals surface area contributed by atoms with Crippen molar-refractivity contribution < 1.29 is 0 Å². The SMILES string of the molecule is CCC(C)C[Si](C)(C)C1C(C)CC2C3=C(C=CC21)Cc1cccc2cccc3c12. The third-order valence-electron chi connectivity index (χ3n) is 8.49. The lowest BCUT2D eigenvalue weighted by atomic mass is 9.72. The maximum absolute atomic E-state index is 2.69. The molecule has 0 aromatic heterocycles. The van der Waals surface area contributed by atoms with Crippen molar-refractivity contribution in [2.24, 2.45) is 23.7 Å². The minimum absolute atomic E-state index is 0.734. The summed E-state index contributed by atoms with van der Waals surface area (Å²) in [4.78, 5) is 0. The van der Waals surface area contributed by atoms with Gasteiger partial charge in [-0.3, -0.25) is 0 Å². The van der Waals surface area contributed by atoms with Gasteiger partial charge < -0.3 is 0 Å². The molecular formula is C28H36Si. The van der Waals surface area contributed by atoms with E-state index in [2.05, 4.69) is 82.4 Å². The Morgan fingerprint density at radius 1 is 1.10 bits per heavy atom. The largest absolute Gasteiger partial charge is 0.0805 e. The number of allylic oxidation sites excluding steroid dienone is 4. The van der Waals surface area contributed by atoms with Gasteiger partial charge in [-0.25, -0.2) is 0 Å². The van der Waals surface area contributed by atoms with Crippen LogP contribution in [0.15, 0.2) is 54.1 Å². The molecule has 2 aromatic rings. The number of hydrogen-bond acceptors (Lipinski definition) is 0. The lowest BCUT2D eigenvalue weighted by molar-refractivity contribution is 0.531. The summed E-state index contributed by atoms with van der Waals surface area (Å²) < 4.78 is 0. The predicted octanol–water partition coefficient (Wildman–Crippen LogP) is 8.12. The van der Waals surface area contributed by atoms with Crippen LogP contribution in [0.4, 0.5) is 0 Å². The van der Waals surface area contributed by atoms with Gasteiger partial charge in [-0.05, 0) is 75.1 Å². The van der Waals surface area contributed by atoms with Crippen LogP contribution in [0.1, 0.15) is 44.7 Å². The molecule has 0 N–H and O–H groups in total. The van der Waals surface area contributed by atoms with Crippen LogP contribution >= 0.6 is 0 Å². The Balaban J connectivity index is 1.57. The zero-order valence-electron chi connectivity index (χ0n) is 18.8. The Hall–Kier alpha value is -1.60. The third-order valence-corrected chi connectivity index (χ3v) is 13.0. The van der Waals surface area contributed by atoms with Crippen molar-refractivity contribution in [3.63, 3.8) is 0 Å². The molecule has 5 atom stereocenters. The van der Waals surface area contributed by atoms with Crippen LogP contribution in [0.25, 0.3) is 16.3 Å². The Bertz CT molecular complexity index is 1000. The molecule has 1 fully saturated rings. The maximum atomic E-state index is 2.69. The highest BCUT2D eigenvalue weighted by Crippen LogP contribution is 2.60. The molecule has 1 saturated carbocycles. The minimum Gasteiger partial charge on any atom is -0.0805 e. The molecule has 0 saturated heterocycles. The van der Waals surface area contributed by atoms with Crippen LogP contribution < -0.4 is 0 Å². The molecule has 0 aliphatic heterocycles. The molecule has 3 aliphatic rings. The fraction of sp³-hybridized carbons (Fsp3) is 0.500. The van der Waals surface area contributed by atoms with Crippen molar-refractivity contribution in [3.8, 4) is 0 Å². The first kappa shape index (κ1) is 19.4. The Morgan fingerprint density at radius 3 is 2.62 bits per heavy atom. The fourth-order valence-corrected chi connectivity index (χ4v) is 12.9. The summed E-state index contributed by atoms with van der Waals surface area (Å²) in [5.74, 6) is 3.22. The van der Waals surface area contributed by atoms with E-state index in [-0.39, 0.29) is 0 Å². The van der Waals surface area contributed by atoms with Gasteiger partial charge in [0, 0.05) is 0 Å². The summed E-state index contributed by atoms with van der Waals surface area (Å²) in [5, 5.41) is 2.96. The second-order valence-corrected chi connectivity index (χ2v) is 16.0. The number of hydrogen-bond donors (Lipinski definition) is 0. The first-order valence-electron chi connectivity index (χ1n) is 11.8. The maximum Gasteiger partial charge on any atom is 0.0516 e. The van der Waals surface area contributed by atoms with Gasteiger partial charge in [-0.1, -0.05) is 94.9 Å². The van der Waals surface area contributed by atoms with E-state index in [1.165, 1.54) is 35.2 Å². The Kier molecular flexibility index (Phi) is 4.66. The summed E-state index contributed by atoms with van der Waals surface area (Å²) >= 11 is 0. The monoisotopic (exact) mass is 400 g/mol. The van der Waals surface area contributed by atoms with Gasteiger partial charge >= 0.3 is 0 Å². The molecule has 152 valence electrons. The summed E-state index contributed by atoms with van der Waals surface area (Å²) in [6.45, 7) is 12.8. The molecule has 0 nitrogen and oxygen atoms in total. The van der Waals surface area contributed by atoms with Crippen molar-refractivity contribution in [1.29, 1.82) is 0 Å². The molecule has 0 spiro atoms. The van der Waals surface area contributed by atoms with Crippen LogP contribution in [0, 0.1) is 23.7 Å². The normalized spacial score (nSPS) is 29.1. The summed E-state index contributed by atoms with van der Waals surface area (Å²) in [6, 6.07) is 15.4. The summed E-state index contributed by atoms with van der Waals surface area (Å²) in [6.07, 6.45) is 9.01. The van der Waals surface area contributed by atoms with E-state index in [9.17, 15) is 0 Å². The van der Waals surface area contributed by atoms with Crippen LogP contribution in [0.2, 0.25) is 24.7 Å². The van der Waals surface area contributed by atoms with Gasteiger partial charge in [0.05, 0.1) is 8.07 Å². The van der Waals surface area contributed by atoms with Gasteiger partial charge in [0.25, 0.3) is 0 Å². The van der Waals surface area contributed by atoms with E-state index < -0.39 is 8.07 Å². The highest BCUT2D eigenvalue weighted by atomic mass is 28.3. The van der Waals surface area contributed by atoms with Gasteiger partial charge in [0.2, 0.25) is 0 Å². The van der Waals surface area contributed by atoms with Crippen LogP contribution in [-0.4, -0.2) is 8.07 Å². The molecule has 0 amide bonds. The van der Waals surface area contributed by atoms with E-state index in [0.29, 0.717) is 0 Å². The fourth-order valence-electron chi connectivity index (χ4n) is 7.45. The number of rotatable bonds is 4. The quantitative estimate of drug-likeness (QED) is 0.455. The van der Waals surface area contributed by atoms with Crippen LogP contribution in [-0.2, 0) is 6.42 Å². The zero-order chi connectivity index (χ0) is 20.3. The first-order chi connectivity index (χ1) is 13.9. The van der Waals surface area contributed by atoms with E-state index in [4.69, 9.17) is 0 Å². The van der Waals surface area contributed by atoms with Crippen molar-refractivity contribution >= 4 is 24.4 Å². The van der Waals surface area contributed by atoms with Crippen molar-refractivity contribution in [2.45, 2.75) is 64.7 Å². The zero-order valence-corrected chi connectivity index (χ0v) is 19.8. The Morgan fingerprint density at radius 2 is 1.86 bits per heavy atom. The van der Waals surface area contributed by atoms with Gasteiger partial charge in [-0.2, -0.15) is 0 Å². The van der Waals surface area contributed by atoms with Crippen LogP contribution in [0.5, 0.6) is 0 Å². The van der Waals surface area contributed by atoms with E-state index in [1.54, 1.807) is 16.7 Å². The average Bonchev–Trinajstić information content (AvgIpc) is 3.04. The standard InChI is InChI=1S/C28H36Si/c1-6-18(2)17-29(4,5)28-19(3)15-25-23(28)14-13-22-16-21-11-7-9-20-10-8-12-24(26(20)21)27(22)25/h7-14,18-19,23,25,28H,6,15-17H2,1-5H3. The van der Waals surface area contributed by atoms with E-state index in [0.717, 1.165) is 35.6 Å². The molecule has 5 unspecified atom stereocenters. The van der Waals surface area contributed by atoms with Crippen molar-refractivity contribution in [1.82, 2.24) is 0 Å². The molecule has 1 heteroatoms. The average molecular weight is 401 g/mol. The topological polar surface area (TPSA) is 0 Å². The van der Waals surface area contributed by atoms with Gasteiger partial charge in [-0.15, -0.1) is 0 Å². The second-order valence-electron chi connectivity index (χ2n) is 10.9. The first-order valence-corrected chi connectivity index (χ1v) is 15.1.